The second kappa shape index (κ2) is 11.4. The molecule has 4 rings (SSSR count). The van der Waals surface area contributed by atoms with Gasteiger partial charge in [-0.15, -0.1) is 0 Å². The van der Waals surface area contributed by atoms with Crippen LogP contribution in [-0.4, -0.2) is 55.5 Å². The van der Waals surface area contributed by atoms with Gasteiger partial charge in [-0.3, -0.25) is 14.5 Å². The molecule has 0 N–H and O–H groups in total. The zero-order valence-corrected chi connectivity index (χ0v) is 21.0. The van der Waals surface area contributed by atoms with Gasteiger partial charge in [-0.05, 0) is 48.9 Å². The monoisotopic (exact) mass is 503 g/mol. The van der Waals surface area contributed by atoms with Gasteiger partial charge in [-0.25, -0.2) is 4.90 Å². The van der Waals surface area contributed by atoms with E-state index in [9.17, 15) is 9.59 Å². The maximum atomic E-state index is 13.2. The molecule has 0 aliphatic carbocycles. The first-order valence-corrected chi connectivity index (χ1v) is 12.8. The summed E-state index contributed by atoms with van der Waals surface area (Å²) in [6.07, 6.45) is 4.81. The van der Waals surface area contributed by atoms with Crippen LogP contribution >= 0.6 is 23.2 Å². The molecule has 0 spiro atoms. The Kier molecular flexibility index (Phi) is 8.35. The van der Waals surface area contributed by atoms with Crippen molar-refractivity contribution in [2.75, 3.05) is 42.6 Å². The van der Waals surface area contributed by atoms with Crippen LogP contribution in [0.25, 0.3) is 0 Å². The third-order valence-corrected chi connectivity index (χ3v) is 7.25. The highest BCUT2D eigenvalue weighted by molar-refractivity contribution is 6.42. The molecule has 2 aromatic carbocycles. The van der Waals surface area contributed by atoms with Crippen LogP contribution in [0.2, 0.25) is 10.0 Å². The van der Waals surface area contributed by atoms with Crippen LogP contribution in [0.5, 0.6) is 5.75 Å². The first-order valence-electron chi connectivity index (χ1n) is 12.0. The number of halogens is 2. The molecule has 2 amide bonds. The summed E-state index contributed by atoms with van der Waals surface area (Å²) in [6, 6.07) is 12.4. The van der Waals surface area contributed by atoms with Crippen molar-refractivity contribution in [3.05, 3.63) is 52.5 Å². The van der Waals surface area contributed by atoms with Gasteiger partial charge in [0.25, 0.3) is 5.91 Å². The van der Waals surface area contributed by atoms with Gasteiger partial charge in [0.15, 0.2) is 0 Å². The van der Waals surface area contributed by atoms with E-state index in [0.717, 1.165) is 37.4 Å². The van der Waals surface area contributed by atoms with E-state index in [2.05, 4.69) is 16.7 Å². The maximum Gasteiger partial charge on any atom is 0.251 e. The molecule has 2 saturated heterocycles. The Bertz CT molecular complexity index is 1010. The van der Waals surface area contributed by atoms with E-state index in [1.54, 1.807) is 18.2 Å². The number of ether oxygens (including phenoxy) is 1. The number of anilines is 2. The fraction of sp³-hybridized carbons (Fsp3) is 0.462. The van der Waals surface area contributed by atoms with Crippen molar-refractivity contribution in [3.8, 4) is 5.75 Å². The number of amides is 2. The van der Waals surface area contributed by atoms with E-state index in [1.165, 1.54) is 17.7 Å². The van der Waals surface area contributed by atoms with Crippen LogP contribution < -0.4 is 14.5 Å². The van der Waals surface area contributed by atoms with Crippen molar-refractivity contribution in [1.82, 2.24) is 4.90 Å². The number of hydrogen-bond donors (Lipinski definition) is 0. The average molecular weight is 504 g/mol. The number of hydrogen-bond acceptors (Lipinski definition) is 5. The second-order valence-corrected chi connectivity index (χ2v) is 9.63. The van der Waals surface area contributed by atoms with Crippen LogP contribution in [0.1, 0.15) is 39.0 Å². The van der Waals surface area contributed by atoms with Gasteiger partial charge >= 0.3 is 0 Å². The van der Waals surface area contributed by atoms with Crippen LogP contribution in [0.4, 0.5) is 11.4 Å². The summed E-state index contributed by atoms with van der Waals surface area (Å²) < 4.78 is 5.78. The third kappa shape index (κ3) is 5.68. The summed E-state index contributed by atoms with van der Waals surface area (Å²) >= 11 is 12.2. The van der Waals surface area contributed by atoms with E-state index >= 15 is 0 Å². The van der Waals surface area contributed by atoms with Gasteiger partial charge in [0.2, 0.25) is 5.91 Å². The Morgan fingerprint density at radius 2 is 1.59 bits per heavy atom. The minimum atomic E-state index is -0.419. The standard InChI is InChI=1S/C26H31Cl2N3O3/c1-2-3-4-5-16-34-21-9-6-19(7-10-21)31-25(32)18-24(26(31)33)30-14-12-29(13-15-30)20-8-11-22(27)23(28)17-20/h6-11,17,24H,2-5,12-16,18H2,1H3/t24-/m0/s1. The molecule has 6 nitrogen and oxygen atoms in total. The molecule has 0 saturated carbocycles. The van der Waals surface area contributed by atoms with Crippen LogP contribution in [0.15, 0.2) is 42.5 Å². The van der Waals surface area contributed by atoms with E-state index < -0.39 is 6.04 Å². The quantitative estimate of drug-likeness (QED) is 0.338. The molecule has 0 bridgehead atoms. The van der Waals surface area contributed by atoms with Crippen LogP contribution in [0.3, 0.4) is 0 Å². The van der Waals surface area contributed by atoms with Gasteiger partial charge in [0.05, 0.1) is 34.8 Å². The summed E-state index contributed by atoms with van der Waals surface area (Å²) in [5.74, 6) is 0.450. The van der Waals surface area contributed by atoms with E-state index in [-0.39, 0.29) is 18.2 Å². The molecular formula is C26H31Cl2N3O3. The third-order valence-electron chi connectivity index (χ3n) is 6.51. The average Bonchev–Trinajstić information content (AvgIpc) is 3.15. The second-order valence-electron chi connectivity index (χ2n) is 8.81. The molecule has 8 heteroatoms. The Balaban J connectivity index is 1.32. The number of unbranched alkanes of at least 4 members (excludes halogenated alkanes) is 3. The van der Waals surface area contributed by atoms with Gasteiger partial charge in [-0.2, -0.15) is 0 Å². The summed E-state index contributed by atoms with van der Waals surface area (Å²) in [7, 11) is 0. The lowest BCUT2D eigenvalue weighted by atomic mass is 10.1. The fourth-order valence-corrected chi connectivity index (χ4v) is 4.85. The molecule has 2 aliphatic heterocycles. The van der Waals surface area contributed by atoms with Crippen LogP contribution in [0, 0.1) is 0 Å². The normalized spacial score (nSPS) is 19.2. The lowest BCUT2D eigenvalue weighted by Gasteiger charge is -2.38. The highest BCUT2D eigenvalue weighted by atomic mass is 35.5. The lowest BCUT2D eigenvalue weighted by molar-refractivity contribution is -0.123. The minimum Gasteiger partial charge on any atom is -0.494 e. The summed E-state index contributed by atoms with van der Waals surface area (Å²) in [4.78, 5) is 31.6. The number of rotatable bonds is 9. The smallest absolute Gasteiger partial charge is 0.251 e. The molecule has 0 aromatic heterocycles. The molecule has 2 heterocycles. The lowest BCUT2D eigenvalue weighted by Crippen LogP contribution is -2.52. The summed E-state index contributed by atoms with van der Waals surface area (Å²) in [6.45, 7) is 5.76. The molecule has 2 aromatic rings. The molecule has 1 atom stereocenters. The van der Waals surface area contributed by atoms with Crippen molar-refractivity contribution in [3.63, 3.8) is 0 Å². The first-order chi connectivity index (χ1) is 16.5. The SMILES string of the molecule is CCCCCCOc1ccc(N2C(=O)C[C@H](N3CCN(c4ccc(Cl)c(Cl)c4)CC3)C2=O)cc1. The molecule has 2 aliphatic rings. The summed E-state index contributed by atoms with van der Waals surface area (Å²) in [5, 5.41) is 1.06. The van der Waals surface area contributed by atoms with Crippen LogP contribution in [-0.2, 0) is 9.59 Å². The molecule has 2 fully saturated rings. The Hall–Kier alpha value is -2.28. The number of piperazine rings is 1. The van der Waals surface area contributed by atoms with Crippen molar-refractivity contribution in [1.29, 1.82) is 0 Å². The predicted octanol–water partition coefficient (Wildman–Crippen LogP) is 5.41. The number of carbonyl (C=O) groups is 2. The number of nitrogens with zero attached hydrogens (tertiary/aromatic N) is 3. The number of carbonyl (C=O) groups excluding carboxylic acids is 2. The van der Waals surface area contributed by atoms with E-state index in [0.29, 0.717) is 35.4 Å². The predicted molar refractivity (Wildman–Crippen MR) is 137 cm³/mol. The van der Waals surface area contributed by atoms with Gasteiger partial charge in [-0.1, -0.05) is 49.4 Å². The maximum absolute atomic E-state index is 13.2. The van der Waals surface area contributed by atoms with Gasteiger partial charge in [0, 0.05) is 31.9 Å². The fourth-order valence-electron chi connectivity index (χ4n) is 4.56. The molecule has 182 valence electrons. The van der Waals surface area contributed by atoms with Gasteiger partial charge in [0.1, 0.15) is 5.75 Å². The van der Waals surface area contributed by atoms with Crippen molar-refractivity contribution < 1.29 is 14.3 Å². The molecule has 34 heavy (non-hydrogen) atoms. The first kappa shape index (κ1) is 24.8. The topological polar surface area (TPSA) is 53.1 Å². The van der Waals surface area contributed by atoms with Crippen molar-refractivity contribution in [2.24, 2.45) is 0 Å². The Labute approximate surface area is 211 Å². The molecule has 0 radical (unpaired) electrons. The van der Waals surface area contributed by atoms with E-state index in [1.807, 2.05) is 24.3 Å². The zero-order valence-electron chi connectivity index (χ0n) is 19.5. The summed E-state index contributed by atoms with van der Waals surface area (Å²) in [5.41, 5.74) is 1.61. The zero-order chi connectivity index (χ0) is 24.1. The highest BCUT2D eigenvalue weighted by Gasteiger charge is 2.43. The Morgan fingerprint density at radius 3 is 2.26 bits per heavy atom. The molecular weight excluding hydrogens is 473 g/mol. The molecule has 0 unspecified atom stereocenters. The number of imide groups is 1. The van der Waals surface area contributed by atoms with E-state index in [4.69, 9.17) is 27.9 Å². The number of benzene rings is 2. The Morgan fingerprint density at radius 1 is 0.882 bits per heavy atom. The highest BCUT2D eigenvalue weighted by Crippen LogP contribution is 2.30. The largest absolute Gasteiger partial charge is 0.494 e. The minimum absolute atomic E-state index is 0.152. The van der Waals surface area contributed by atoms with Crippen molar-refractivity contribution >= 4 is 46.4 Å². The van der Waals surface area contributed by atoms with Gasteiger partial charge < -0.3 is 9.64 Å². The van der Waals surface area contributed by atoms with Crippen molar-refractivity contribution in [2.45, 2.75) is 45.1 Å².